The van der Waals surface area contributed by atoms with Gasteiger partial charge in [-0.15, -0.1) is 0 Å². The van der Waals surface area contributed by atoms with E-state index in [4.69, 9.17) is 23.5 Å². The fourth-order valence-electron chi connectivity index (χ4n) is 2.86. The predicted molar refractivity (Wildman–Crippen MR) is 110 cm³/mol. The summed E-state index contributed by atoms with van der Waals surface area (Å²) < 4.78 is 54.7. The maximum Gasteiger partial charge on any atom is 0.262 e. The van der Waals surface area contributed by atoms with E-state index in [1.165, 1.54) is 40.6 Å². The number of hydrogen-bond donors (Lipinski definition) is 1. The largest absolute Gasteiger partial charge is 0.497 e. The number of sulfonamides is 1. The third kappa shape index (κ3) is 3.99. The first-order chi connectivity index (χ1) is 14.3. The molecule has 1 heterocycles. The number of benzene rings is 2. The quantitative estimate of drug-likeness (QED) is 0.574. The summed E-state index contributed by atoms with van der Waals surface area (Å²) in [6.45, 7) is 1.61. The zero-order valence-electron chi connectivity index (χ0n) is 17.2. The van der Waals surface area contributed by atoms with Gasteiger partial charge in [-0.1, -0.05) is 5.16 Å². The zero-order chi connectivity index (χ0) is 21.9. The van der Waals surface area contributed by atoms with Crippen molar-refractivity contribution in [3.05, 3.63) is 42.2 Å². The lowest BCUT2D eigenvalue weighted by Crippen LogP contribution is -2.13. The van der Waals surface area contributed by atoms with Crippen LogP contribution in [-0.2, 0) is 10.0 Å². The van der Waals surface area contributed by atoms with Crippen LogP contribution in [0, 0.1) is 6.92 Å². The van der Waals surface area contributed by atoms with Crippen LogP contribution < -0.4 is 23.7 Å². The van der Waals surface area contributed by atoms with Crippen molar-refractivity contribution in [1.29, 1.82) is 0 Å². The summed E-state index contributed by atoms with van der Waals surface area (Å²) in [5.41, 5.74) is 1.01. The van der Waals surface area contributed by atoms with Crippen LogP contribution in [-0.4, -0.2) is 42.0 Å². The summed E-state index contributed by atoms with van der Waals surface area (Å²) in [6.07, 6.45) is 0. The number of aromatic nitrogens is 1. The van der Waals surface area contributed by atoms with Crippen molar-refractivity contribution in [3.8, 4) is 34.3 Å². The Hall–Kier alpha value is -3.40. The van der Waals surface area contributed by atoms with Gasteiger partial charge in [-0.2, -0.15) is 0 Å². The van der Waals surface area contributed by atoms with Gasteiger partial charge in [0.25, 0.3) is 10.0 Å². The molecule has 0 spiro atoms. The van der Waals surface area contributed by atoms with E-state index in [0.29, 0.717) is 34.3 Å². The standard InChI is InChI=1S/C20H22N2O7S/c1-12-18(22-30(23,24)15-8-6-14(25-2)7-9-15)19(21-29-12)13-10-16(26-3)20(28-5)17(11-13)27-4/h6-11,22H,1-5H3. The SMILES string of the molecule is COc1ccc(S(=O)(=O)Nc2c(-c3cc(OC)c(OC)c(OC)c3)noc2C)cc1. The van der Waals surface area contributed by atoms with Gasteiger partial charge in [0, 0.05) is 5.56 Å². The summed E-state index contributed by atoms with van der Waals surface area (Å²) in [4.78, 5) is 0.0692. The van der Waals surface area contributed by atoms with E-state index in [1.807, 2.05) is 0 Å². The maximum absolute atomic E-state index is 12.9. The molecule has 0 aliphatic rings. The average Bonchev–Trinajstić information content (AvgIpc) is 3.12. The monoisotopic (exact) mass is 434 g/mol. The third-order valence-corrected chi connectivity index (χ3v) is 5.77. The Morgan fingerprint density at radius 2 is 1.50 bits per heavy atom. The first-order valence-electron chi connectivity index (χ1n) is 8.78. The second-order valence-corrected chi connectivity index (χ2v) is 7.84. The molecule has 2 aromatic carbocycles. The summed E-state index contributed by atoms with van der Waals surface area (Å²) in [6, 6.07) is 9.34. The fraction of sp³-hybridized carbons (Fsp3) is 0.250. The van der Waals surface area contributed by atoms with Crippen LogP contribution in [0.4, 0.5) is 5.69 Å². The van der Waals surface area contributed by atoms with Crippen LogP contribution in [0.5, 0.6) is 23.0 Å². The highest BCUT2D eigenvalue weighted by Gasteiger charge is 2.24. The lowest BCUT2D eigenvalue weighted by Gasteiger charge is -2.14. The molecule has 0 radical (unpaired) electrons. The van der Waals surface area contributed by atoms with Gasteiger partial charge in [0.2, 0.25) is 5.75 Å². The minimum Gasteiger partial charge on any atom is -0.497 e. The van der Waals surface area contributed by atoms with Crippen LogP contribution in [0.15, 0.2) is 45.8 Å². The number of ether oxygens (including phenoxy) is 4. The predicted octanol–water partition coefficient (Wildman–Crippen LogP) is 3.49. The molecule has 10 heteroatoms. The fourth-order valence-corrected chi connectivity index (χ4v) is 3.98. The number of anilines is 1. The van der Waals surface area contributed by atoms with Gasteiger partial charge >= 0.3 is 0 Å². The molecule has 0 fully saturated rings. The van der Waals surface area contributed by atoms with Crippen LogP contribution in [0.25, 0.3) is 11.3 Å². The summed E-state index contributed by atoms with van der Waals surface area (Å²) in [5.74, 6) is 2.06. The lowest BCUT2D eigenvalue weighted by atomic mass is 10.1. The molecular weight excluding hydrogens is 412 g/mol. The van der Waals surface area contributed by atoms with E-state index >= 15 is 0 Å². The molecule has 1 aromatic heterocycles. The van der Waals surface area contributed by atoms with Crippen LogP contribution >= 0.6 is 0 Å². The number of aryl methyl sites for hydroxylation is 1. The Kier molecular flexibility index (Phi) is 6.06. The van der Waals surface area contributed by atoms with Crippen molar-refractivity contribution in [2.24, 2.45) is 0 Å². The molecule has 0 bridgehead atoms. The average molecular weight is 434 g/mol. The highest BCUT2D eigenvalue weighted by molar-refractivity contribution is 7.92. The van der Waals surface area contributed by atoms with Crippen LogP contribution in [0.2, 0.25) is 0 Å². The first kappa shape index (κ1) is 21.3. The van der Waals surface area contributed by atoms with Crippen molar-refractivity contribution >= 4 is 15.7 Å². The van der Waals surface area contributed by atoms with Gasteiger partial charge in [0.1, 0.15) is 17.1 Å². The van der Waals surface area contributed by atoms with Gasteiger partial charge in [-0.05, 0) is 43.3 Å². The van der Waals surface area contributed by atoms with Gasteiger partial charge in [-0.3, -0.25) is 4.72 Å². The van der Waals surface area contributed by atoms with E-state index in [-0.39, 0.29) is 16.3 Å². The first-order valence-corrected chi connectivity index (χ1v) is 10.3. The molecule has 0 aliphatic carbocycles. The van der Waals surface area contributed by atoms with Crippen molar-refractivity contribution in [2.75, 3.05) is 33.2 Å². The number of hydrogen-bond acceptors (Lipinski definition) is 8. The van der Waals surface area contributed by atoms with E-state index in [2.05, 4.69) is 9.88 Å². The van der Waals surface area contributed by atoms with E-state index in [0.717, 1.165) is 0 Å². The highest BCUT2D eigenvalue weighted by atomic mass is 32.2. The van der Waals surface area contributed by atoms with Crippen molar-refractivity contribution in [3.63, 3.8) is 0 Å². The van der Waals surface area contributed by atoms with E-state index in [9.17, 15) is 8.42 Å². The number of methoxy groups -OCH3 is 4. The van der Waals surface area contributed by atoms with Gasteiger partial charge in [-0.25, -0.2) is 8.42 Å². The maximum atomic E-state index is 12.9. The molecule has 3 rings (SSSR count). The molecule has 0 atom stereocenters. The topological polar surface area (TPSA) is 109 Å². The van der Waals surface area contributed by atoms with Gasteiger partial charge in [0.15, 0.2) is 17.3 Å². The number of nitrogens with zero attached hydrogens (tertiary/aromatic N) is 1. The number of nitrogens with one attached hydrogen (secondary N) is 1. The summed E-state index contributed by atoms with van der Waals surface area (Å²) in [7, 11) is 2.08. The molecule has 0 saturated carbocycles. The van der Waals surface area contributed by atoms with Crippen LogP contribution in [0.3, 0.4) is 0 Å². The molecule has 0 aliphatic heterocycles. The Balaban J connectivity index is 2.05. The molecule has 0 saturated heterocycles. The van der Waals surface area contributed by atoms with E-state index < -0.39 is 10.0 Å². The second-order valence-electron chi connectivity index (χ2n) is 6.16. The molecule has 160 valence electrons. The van der Waals surface area contributed by atoms with Crippen molar-refractivity contribution in [1.82, 2.24) is 5.16 Å². The normalized spacial score (nSPS) is 11.1. The Labute approximate surface area is 174 Å². The molecule has 30 heavy (non-hydrogen) atoms. The molecule has 9 nitrogen and oxygen atoms in total. The minimum atomic E-state index is -3.90. The smallest absolute Gasteiger partial charge is 0.262 e. The van der Waals surface area contributed by atoms with E-state index in [1.54, 1.807) is 31.2 Å². The molecular formula is C20H22N2O7S. The third-order valence-electron chi connectivity index (χ3n) is 4.41. The Bertz CT molecular complexity index is 1110. The molecule has 0 unspecified atom stereocenters. The van der Waals surface area contributed by atoms with Crippen LogP contribution in [0.1, 0.15) is 5.76 Å². The Morgan fingerprint density at radius 3 is 2.00 bits per heavy atom. The van der Waals surface area contributed by atoms with Crippen molar-refractivity contribution < 1.29 is 31.9 Å². The van der Waals surface area contributed by atoms with Crippen molar-refractivity contribution in [2.45, 2.75) is 11.8 Å². The van der Waals surface area contributed by atoms with Gasteiger partial charge < -0.3 is 23.5 Å². The molecule has 3 aromatic rings. The lowest BCUT2D eigenvalue weighted by molar-refractivity contribution is 0.324. The molecule has 1 N–H and O–H groups in total. The second kappa shape index (κ2) is 8.54. The zero-order valence-corrected chi connectivity index (χ0v) is 18.0. The highest BCUT2D eigenvalue weighted by Crippen LogP contribution is 2.43. The minimum absolute atomic E-state index is 0.0692. The summed E-state index contributed by atoms with van der Waals surface area (Å²) in [5, 5.41) is 4.02. The molecule has 0 amide bonds. The number of rotatable bonds is 8. The Morgan fingerprint density at radius 1 is 0.900 bits per heavy atom. The van der Waals surface area contributed by atoms with Gasteiger partial charge in [0.05, 0.1) is 33.3 Å². The summed E-state index contributed by atoms with van der Waals surface area (Å²) >= 11 is 0.